The first-order chi connectivity index (χ1) is 9.93. The van der Waals surface area contributed by atoms with Crippen molar-refractivity contribution in [1.29, 1.82) is 0 Å². The minimum Gasteiger partial charge on any atom is -0.268 e. The van der Waals surface area contributed by atoms with Crippen molar-refractivity contribution >= 4 is 72.6 Å². The number of imide groups is 1. The lowest BCUT2D eigenvalue weighted by atomic mass is 10.1. The molecule has 0 aliphatic carbocycles. The van der Waals surface area contributed by atoms with Gasteiger partial charge in [-0.05, 0) is 50.1 Å². The van der Waals surface area contributed by atoms with E-state index < -0.39 is 11.8 Å². The molecule has 21 heavy (non-hydrogen) atoms. The summed E-state index contributed by atoms with van der Waals surface area (Å²) in [6.07, 6.45) is 0. The van der Waals surface area contributed by atoms with E-state index in [2.05, 4.69) is 31.9 Å². The van der Waals surface area contributed by atoms with Gasteiger partial charge in [0.15, 0.2) is 0 Å². The van der Waals surface area contributed by atoms with Gasteiger partial charge in [-0.25, -0.2) is 4.90 Å². The van der Waals surface area contributed by atoms with Crippen molar-refractivity contribution in [3.05, 3.63) is 60.4 Å². The van der Waals surface area contributed by atoms with Gasteiger partial charge in [-0.15, -0.1) is 0 Å². The number of halogens is 4. The summed E-state index contributed by atoms with van der Waals surface area (Å²) < 4.78 is 0.924. The van der Waals surface area contributed by atoms with Crippen LogP contribution in [0, 0.1) is 0 Å². The van der Waals surface area contributed by atoms with Crippen LogP contribution in [0.1, 0.15) is 20.7 Å². The molecule has 1 aliphatic rings. The average molecular weight is 450 g/mol. The normalized spacial score (nSPS) is 13.8. The molecule has 0 fully saturated rings. The molecule has 7 heteroatoms. The second-order valence-electron chi connectivity index (χ2n) is 4.31. The zero-order valence-electron chi connectivity index (χ0n) is 10.2. The van der Waals surface area contributed by atoms with Crippen molar-refractivity contribution < 1.29 is 9.59 Å². The molecule has 0 radical (unpaired) electrons. The Labute approximate surface area is 147 Å². The SMILES string of the molecule is O=C1c2ccccc2C(=O)N1c1cc(Cl)c(Br)c(Cl)c1Br. The first kappa shape index (κ1) is 15.0. The maximum absolute atomic E-state index is 12.5. The Morgan fingerprint density at radius 2 is 1.43 bits per heavy atom. The fourth-order valence-corrected chi connectivity index (χ4v) is 3.64. The predicted molar refractivity (Wildman–Crippen MR) is 89.4 cm³/mol. The maximum Gasteiger partial charge on any atom is 0.266 e. The summed E-state index contributed by atoms with van der Waals surface area (Å²) in [4.78, 5) is 26.0. The van der Waals surface area contributed by atoms with Crippen molar-refractivity contribution in [2.75, 3.05) is 4.90 Å². The molecule has 0 saturated heterocycles. The van der Waals surface area contributed by atoms with E-state index in [9.17, 15) is 9.59 Å². The molecule has 3 nitrogen and oxygen atoms in total. The summed E-state index contributed by atoms with van der Waals surface area (Å²) >= 11 is 18.8. The van der Waals surface area contributed by atoms with Crippen molar-refractivity contribution in [3.8, 4) is 0 Å². The second-order valence-corrected chi connectivity index (χ2v) is 6.68. The third kappa shape index (κ3) is 2.23. The fourth-order valence-electron chi connectivity index (χ4n) is 2.13. The predicted octanol–water partition coefficient (Wildman–Crippen LogP) is 5.32. The van der Waals surface area contributed by atoms with Gasteiger partial charge in [0.2, 0.25) is 0 Å². The molecule has 1 aliphatic heterocycles. The summed E-state index contributed by atoms with van der Waals surface area (Å²) in [6, 6.07) is 8.18. The van der Waals surface area contributed by atoms with Crippen LogP contribution in [-0.2, 0) is 0 Å². The highest BCUT2D eigenvalue weighted by Crippen LogP contribution is 2.44. The summed E-state index contributed by atoms with van der Waals surface area (Å²) in [5, 5.41) is 0.615. The molecule has 0 unspecified atom stereocenters. The molecular weight excluding hydrogens is 445 g/mol. The Kier molecular flexibility index (Phi) is 3.86. The Morgan fingerprint density at radius 3 is 1.95 bits per heavy atom. The molecular formula is C14H5Br2Cl2NO2. The number of anilines is 1. The Bertz CT molecular complexity index is 773. The van der Waals surface area contributed by atoms with Gasteiger partial charge in [-0.3, -0.25) is 9.59 Å². The monoisotopic (exact) mass is 447 g/mol. The van der Waals surface area contributed by atoms with Crippen molar-refractivity contribution in [1.82, 2.24) is 0 Å². The topological polar surface area (TPSA) is 37.4 Å². The van der Waals surface area contributed by atoms with Crippen LogP contribution in [0.2, 0.25) is 10.0 Å². The third-order valence-corrected chi connectivity index (χ3v) is 6.11. The number of benzene rings is 2. The van der Waals surface area contributed by atoms with Crippen LogP contribution < -0.4 is 4.90 Å². The zero-order valence-corrected chi connectivity index (χ0v) is 14.8. The molecule has 0 spiro atoms. The van der Waals surface area contributed by atoms with Crippen molar-refractivity contribution in [2.45, 2.75) is 0 Å². The standard InChI is InChI=1S/C14H5Br2Cl2NO2/c15-10-8(17)5-9(11(16)12(10)18)19-13(20)6-3-1-2-4-7(6)14(19)21/h1-5H. The molecule has 106 valence electrons. The summed E-state index contributed by atoms with van der Waals surface area (Å²) in [6.45, 7) is 0. The highest BCUT2D eigenvalue weighted by Gasteiger charge is 2.38. The molecule has 1 heterocycles. The smallest absolute Gasteiger partial charge is 0.266 e. The minimum atomic E-state index is -0.397. The molecule has 2 aromatic carbocycles. The van der Waals surface area contributed by atoms with Gasteiger partial charge in [0, 0.05) is 0 Å². The average Bonchev–Trinajstić information content (AvgIpc) is 2.73. The first-order valence-electron chi connectivity index (χ1n) is 5.74. The molecule has 0 saturated carbocycles. The molecule has 0 N–H and O–H groups in total. The molecule has 3 rings (SSSR count). The lowest BCUT2D eigenvalue weighted by Crippen LogP contribution is -2.29. The minimum absolute atomic E-state index is 0.300. The van der Waals surface area contributed by atoms with Gasteiger partial charge in [-0.1, -0.05) is 35.3 Å². The van der Waals surface area contributed by atoms with E-state index in [4.69, 9.17) is 23.2 Å². The van der Waals surface area contributed by atoms with E-state index >= 15 is 0 Å². The number of fused-ring (bicyclic) bond motifs is 1. The summed E-state index contributed by atoms with van der Waals surface area (Å²) in [5.74, 6) is -0.795. The number of nitrogens with zero attached hydrogens (tertiary/aromatic N) is 1. The van der Waals surface area contributed by atoms with Gasteiger partial charge in [0.1, 0.15) is 0 Å². The van der Waals surface area contributed by atoms with E-state index in [1.807, 2.05) is 0 Å². The maximum atomic E-state index is 12.5. The highest BCUT2D eigenvalue weighted by molar-refractivity contribution is 9.11. The van der Waals surface area contributed by atoms with Crippen LogP contribution in [0.4, 0.5) is 5.69 Å². The first-order valence-corrected chi connectivity index (χ1v) is 8.08. The Balaban J connectivity index is 2.21. The van der Waals surface area contributed by atoms with Crippen LogP contribution in [-0.4, -0.2) is 11.8 Å². The summed E-state index contributed by atoms with van der Waals surface area (Å²) in [5.41, 5.74) is 1.05. The summed E-state index contributed by atoms with van der Waals surface area (Å²) in [7, 11) is 0. The Hall–Kier alpha value is -0.880. The molecule has 0 bridgehead atoms. The van der Waals surface area contributed by atoms with Crippen LogP contribution >= 0.6 is 55.1 Å². The van der Waals surface area contributed by atoms with Crippen molar-refractivity contribution in [2.24, 2.45) is 0 Å². The van der Waals surface area contributed by atoms with Crippen molar-refractivity contribution in [3.63, 3.8) is 0 Å². The molecule has 2 aromatic rings. The largest absolute Gasteiger partial charge is 0.268 e. The van der Waals surface area contributed by atoms with Crippen LogP contribution in [0.3, 0.4) is 0 Å². The van der Waals surface area contributed by atoms with E-state index in [1.54, 1.807) is 24.3 Å². The van der Waals surface area contributed by atoms with E-state index in [1.165, 1.54) is 6.07 Å². The lowest BCUT2D eigenvalue weighted by Gasteiger charge is -2.18. The fraction of sp³-hybridized carbons (Fsp3) is 0. The lowest BCUT2D eigenvalue weighted by molar-refractivity contribution is 0.0926. The van der Waals surface area contributed by atoms with E-state index in [-0.39, 0.29) is 0 Å². The van der Waals surface area contributed by atoms with Crippen LogP contribution in [0.15, 0.2) is 39.3 Å². The van der Waals surface area contributed by atoms with E-state index in [0.29, 0.717) is 35.8 Å². The van der Waals surface area contributed by atoms with Gasteiger partial charge in [0.25, 0.3) is 11.8 Å². The number of hydrogen-bond acceptors (Lipinski definition) is 2. The third-order valence-electron chi connectivity index (χ3n) is 3.12. The second kappa shape index (κ2) is 5.39. The molecule has 2 amide bonds. The Morgan fingerprint density at radius 1 is 0.905 bits per heavy atom. The van der Waals surface area contributed by atoms with Gasteiger partial charge in [-0.2, -0.15) is 0 Å². The number of carbonyl (C=O) groups is 2. The van der Waals surface area contributed by atoms with Crippen LogP contribution in [0.5, 0.6) is 0 Å². The van der Waals surface area contributed by atoms with Crippen LogP contribution in [0.25, 0.3) is 0 Å². The molecule has 0 aromatic heterocycles. The number of rotatable bonds is 1. The highest BCUT2D eigenvalue weighted by atomic mass is 79.9. The quantitative estimate of drug-likeness (QED) is 0.336. The number of amides is 2. The van der Waals surface area contributed by atoms with Gasteiger partial charge in [0.05, 0.1) is 35.8 Å². The zero-order chi connectivity index (χ0) is 15.3. The van der Waals surface area contributed by atoms with Gasteiger partial charge < -0.3 is 0 Å². The number of carbonyl (C=O) groups excluding carboxylic acids is 2. The van der Waals surface area contributed by atoms with E-state index in [0.717, 1.165) is 4.90 Å². The van der Waals surface area contributed by atoms with Gasteiger partial charge >= 0.3 is 0 Å². The number of hydrogen-bond donors (Lipinski definition) is 0. The molecule has 0 atom stereocenters.